The Hall–Kier alpha value is -1.59. The Bertz CT molecular complexity index is 456. The number of aliphatic hydroxyl groups excluding tert-OH is 1. The van der Waals surface area contributed by atoms with Crippen molar-refractivity contribution in [1.29, 1.82) is 0 Å². The van der Waals surface area contributed by atoms with Crippen LogP contribution in [0.25, 0.3) is 0 Å². The van der Waals surface area contributed by atoms with Crippen LogP contribution in [0.4, 0.5) is 0 Å². The maximum absolute atomic E-state index is 10.8. The van der Waals surface area contributed by atoms with Crippen molar-refractivity contribution in [1.82, 2.24) is 0 Å². The van der Waals surface area contributed by atoms with Crippen LogP contribution >= 0.6 is 0 Å². The lowest BCUT2D eigenvalue weighted by Gasteiger charge is -2.26. The van der Waals surface area contributed by atoms with Crippen LogP contribution in [0.15, 0.2) is 18.2 Å². The molecule has 2 rings (SSSR count). The Labute approximate surface area is 98.6 Å². The predicted molar refractivity (Wildman–Crippen MR) is 59.3 cm³/mol. The summed E-state index contributed by atoms with van der Waals surface area (Å²) in [7, 11) is 1.52. The third kappa shape index (κ3) is 1.87. The highest BCUT2D eigenvalue weighted by Crippen LogP contribution is 2.43. The maximum Gasteiger partial charge on any atom is 0.335 e. The molecule has 0 saturated heterocycles. The van der Waals surface area contributed by atoms with Crippen LogP contribution < -0.4 is 4.74 Å². The molecule has 2 atom stereocenters. The molecule has 1 aliphatic heterocycles. The van der Waals surface area contributed by atoms with E-state index >= 15 is 0 Å². The van der Waals surface area contributed by atoms with Crippen LogP contribution in [0.2, 0.25) is 0 Å². The van der Waals surface area contributed by atoms with Crippen LogP contribution in [0.3, 0.4) is 0 Å². The summed E-state index contributed by atoms with van der Waals surface area (Å²) in [6.45, 7) is 1.95. The summed E-state index contributed by atoms with van der Waals surface area (Å²) in [6.07, 6.45) is -0.892. The lowest BCUT2D eigenvalue weighted by molar-refractivity contribution is -0.0618. The first-order valence-corrected chi connectivity index (χ1v) is 5.21. The van der Waals surface area contributed by atoms with Crippen molar-refractivity contribution in [2.75, 3.05) is 13.7 Å². The smallest absolute Gasteiger partial charge is 0.335 e. The number of fused-ring (bicyclic) bond motifs is 1. The lowest BCUT2D eigenvalue weighted by atomic mass is 9.95. The molecular weight excluding hydrogens is 224 g/mol. The van der Waals surface area contributed by atoms with Crippen molar-refractivity contribution in [3.05, 3.63) is 29.3 Å². The fourth-order valence-corrected chi connectivity index (χ4v) is 2.02. The van der Waals surface area contributed by atoms with E-state index in [1.165, 1.54) is 19.2 Å². The fraction of sp³-hybridized carbons (Fsp3) is 0.417. The molecule has 5 heteroatoms. The standard InChI is InChI=1S/C12H14O5/c1-12(6-16-2)10(13)8-5-7(11(14)15)3-4-9(8)17-12/h3-5,10,13H,6H2,1-2H3,(H,14,15)/t10-,12+/m1/s1. The van der Waals surface area contributed by atoms with Crippen LogP contribution in [-0.4, -0.2) is 35.5 Å². The first-order valence-electron chi connectivity index (χ1n) is 5.21. The minimum atomic E-state index is -1.03. The van der Waals surface area contributed by atoms with Crippen molar-refractivity contribution in [3.63, 3.8) is 0 Å². The van der Waals surface area contributed by atoms with Crippen molar-refractivity contribution in [3.8, 4) is 5.75 Å². The van der Waals surface area contributed by atoms with Crippen LogP contribution in [0.5, 0.6) is 5.75 Å². The highest BCUT2D eigenvalue weighted by molar-refractivity contribution is 5.88. The zero-order valence-electron chi connectivity index (χ0n) is 9.64. The van der Waals surface area contributed by atoms with E-state index < -0.39 is 17.7 Å². The number of carboxylic acid groups (broad SMARTS) is 1. The Morgan fingerprint density at radius 1 is 1.59 bits per heavy atom. The molecule has 1 aliphatic rings. The molecule has 1 aromatic rings. The second kappa shape index (κ2) is 4.01. The quantitative estimate of drug-likeness (QED) is 0.827. The summed E-state index contributed by atoms with van der Waals surface area (Å²) >= 11 is 0. The highest BCUT2D eigenvalue weighted by atomic mass is 16.6. The summed E-state index contributed by atoms with van der Waals surface area (Å²) in [6, 6.07) is 4.44. The molecule has 0 spiro atoms. The Kier molecular flexibility index (Phi) is 2.81. The van der Waals surface area contributed by atoms with Gasteiger partial charge in [-0.3, -0.25) is 0 Å². The molecule has 0 aliphatic carbocycles. The molecule has 0 amide bonds. The number of hydrogen-bond acceptors (Lipinski definition) is 4. The van der Waals surface area contributed by atoms with Gasteiger partial charge in [0.25, 0.3) is 0 Å². The summed E-state index contributed by atoms with van der Waals surface area (Å²) in [5.74, 6) is -0.526. The van der Waals surface area contributed by atoms with E-state index in [2.05, 4.69) is 0 Å². The average Bonchev–Trinajstić information content (AvgIpc) is 2.51. The number of carbonyl (C=O) groups is 1. The van der Waals surface area contributed by atoms with E-state index in [-0.39, 0.29) is 12.2 Å². The number of aromatic carboxylic acids is 1. The summed E-state index contributed by atoms with van der Waals surface area (Å²) in [4.78, 5) is 10.8. The van der Waals surface area contributed by atoms with E-state index in [4.69, 9.17) is 14.6 Å². The summed E-state index contributed by atoms with van der Waals surface area (Å²) in [5, 5.41) is 19.0. The summed E-state index contributed by atoms with van der Waals surface area (Å²) < 4.78 is 10.6. The maximum atomic E-state index is 10.8. The summed E-state index contributed by atoms with van der Waals surface area (Å²) in [5.41, 5.74) is -0.244. The van der Waals surface area contributed by atoms with Gasteiger partial charge in [0, 0.05) is 12.7 Å². The third-order valence-electron chi connectivity index (χ3n) is 2.90. The van der Waals surface area contributed by atoms with E-state index in [1.807, 2.05) is 0 Å². The van der Waals surface area contributed by atoms with E-state index in [0.717, 1.165) is 0 Å². The Morgan fingerprint density at radius 2 is 2.29 bits per heavy atom. The van der Waals surface area contributed by atoms with Crippen LogP contribution in [0, 0.1) is 0 Å². The van der Waals surface area contributed by atoms with Crippen molar-refractivity contribution < 1.29 is 24.5 Å². The number of methoxy groups -OCH3 is 1. The van der Waals surface area contributed by atoms with Crippen molar-refractivity contribution >= 4 is 5.97 Å². The molecule has 5 nitrogen and oxygen atoms in total. The van der Waals surface area contributed by atoms with E-state index in [1.54, 1.807) is 13.0 Å². The van der Waals surface area contributed by atoms with Crippen LogP contribution in [-0.2, 0) is 4.74 Å². The molecule has 1 aromatic carbocycles. The Balaban J connectivity index is 2.38. The van der Waals surface area contributed by atoms with Gasteiger partial charge in [-0.05, 0) is 25.1 Å². The van der Waals surface area contributed by atoms with Gasteiger partial charge in [-0.1, -0.05) is 0 Å². The van der Waals surface area contributed by atoms with Gasteiger partial charge >= 0.3 is 5.97 Å². The van der Waals surface area contributed by atoms with Crippen molar-refractivity contribution in [2.45, 2.75) is 18.6 Å². The normalized spacial score (nSPS) is 26.4. The van der Waals surface area contributed by atoms with Crippen molar-refractivity contribution in [2.24, 2.45) is 0 Å². The molecule has 0 saturated carbocycles. The number of ether oxygens (including phenoxy) is 2. The second-order valence-electron chi connectivity index (χ2n) is 4.31. The number of rotatable bonds is 3. The number of benzene rings is 1. The lowest BCUT2D eigenvalue weighted by Crippen LogP contribution is -2.39. The minimum absolute atomic E-state index is 0.132. The number of hydrogen-bond donors (Lipinski definition) is 2. The molecule has 0 fully saturated rings. The third-order valence-corrected chi connectivity index (χ3v) is 2.90. The van der Waals surface area contributed by atoms with Gasteiger partial charge in [0.1, 0.15) is 11.9 Å². The van der Waals surface area contributed by atoms with Gasteiger partial charge in [-0.2, -0.15) is 0 Å². The second-order valence-corrected chi connectivity index (χ2v) is 4.31. The average molecular weight is 238 g/mol. The zero-order chi connectivity index (χ0) is 12.6. The molecule has 92 valence electrons. The molecular formula is C12H14O5. The number of aliphatic hydroxyl groups is 1. The van der Waals surface area contributed by atoms with Gasteiger partial charge in [0.2, 0.25) is 0 Å². The first kappa shape index (κ1) is 11.9. The van der Waals surface area contributed by atoms with Gasteiger partial charge in [0.15, 0.2) is 5.60 Å². The largest absolute Gasteiger partial charge is 0.482 e. The Morgan fingerprint density at radius 3 is 2.88 bits per heavy atom. The molecule has 1 heterocycles. The molecule has 0 radical (unpaired) electrons. The highest BCUT2D eigenvalue weighted by Gasteiger charge is 2.44. The SMILES string of the molecule is COC[C@]1(C)Oc2ccc(C(=O)O)cc2[C@H]1O. The molecule has 0 unspecified atom stereocenters. The predicted octanol–water partition coefficient (Wildman–Crippen LogP) is 1.22. The minimum Gasteiger partial charge on any atom is -0.482 e. The monoisotopic (exact) mass is 238 g/mol. The van der Waals surface area contributed by atoms with Gasteiger partial charge in [-0.25, -0.2) is 4.79 Å². The fourth-order valence-electron chi connectivity index (χ4n) is 2.02. The van der Waals surface area contributed by atoms with Gasteiger partial charge in [0.05, 0.1) is 12.2 Å². The molecule has 0 bridgehead atoms. The first-order chi connectivity index (χ1) is 7.98. The van der Waals surface area contributed by atoms with Crippen LogP contribution in [0.1, 0.15) is 28.9 Å². The topological polar surface area (TPSA) is 76.0 Å². The molecule has 2 N–H and O–H groups in total. The molecule has 0 aromatic heterocycles. The van der Waals surface area contributed by atoms with Gasteiger partial charge < -0.3 is 19.7 Å². The molecule has 17 heavy (non-hydrogen) atoms. The van der Waals surface area contributed by atoms with E-state index in [9.17, 15) is 9.90 Å². The van der Waals surface area contributed by atoms with Gasteiger partial charge in [-0.15, -0.1) is 0 Å². The zero-order valence-corrected chi connectivity index (χ0v) is 9.64. The van der Waals surface area contributed by atoms with E-state index in [0.29, 0.717) is 11.3 Å². The number of carboxylic acids is 1.